The maximum atomic E-state index is 12.9. The van der Waals surface area contributed by atoms with Crippen LogP contribution in [0.1, 0.15) is 11.1 Å². The van der Waals surface area contributed by atoms with Crippen molar-refractivity contribution in [2.24, 2.45) is 0 Å². The fourth-order valence-corrected chi connectivity index (χ4v) is 3.66. The predicted octanol–water partition coefficient (Wildman–Crippen LogP) is 3.96. The van der Waals surface area contributed by atoms with Crippen LogP contribution in [0, 0.1) is 6.92 Å². The molecule has 1 unspecified atom stereocenters. The molecule has 0 radical (unpaired) electrons. The molecule has 1 aromatic heterocycles. The zero-order valence-corrected chi connectivity index (χ0v) is 15.1. The van der Waals surface area contributed by atoms with Crippen LogP contribution < -0.4 is 10.2 Å². The maximum Gasteiger partial charge on any atom is 0.256 e. The molecule has 2 N–H and O–H groups in total. The largest absolute Gasteiger partial charge is 0.361 e. The number of amides is 1. The third-order valence-corrected chi connectivity index (χ3v) is 5.24. The fraction of sp³-hybridized carbons (Fsp3) is 0.158. The number of rotatable bonds is 3. The molecule has 2 heterocycles. The van der Waals surface area contributed by atoms with Gasteiger partial charge >= 0.3 is 0 Å². The van der Waals surface area contributed by atoms with Crippen molar-refractivity contribution in [3.05, 3.63) is 64.8 Å². The monoisotopic (exact) mass is 369 g/mol. The fourth-order valence-electron chi connectivity index (χ4n) is 3.20. The molecular formula is C19H16ClN3OS. The second-order valence-corrected chi connectivity index (χ2v) is 6.97. The molecule has 1 fully saturated rings. The number of aromatic amines is 1. The summed E-state index contributed by atoms with van der Waals surface area (Å²) in [7, 11) is 0. The van der Waals surface area contributed by atoms with Crippen LogP contribution in [-0.2, 0) is 11.2 Å². The Morgan fingerprint density at radius 2 is 2.04 bits per heavy atom. The van der Waals surface area contributed by atoms with E-state index in [4.69, 9.17) is 23.8 Å². The molecule has 3 aromatic rings. The van der Waals surface area contributed by atoms with E-state index in [1.165, 1.54) is 0 Å². The van der Waals surface area contributed by atoms with Gasteiger partial charge in [0.15, 0.2) is 5.11 Å². The van der Waals surface area contributed by atoms with Crippen molar-refractivity contribution in [2.75, 3.05) is 4.90 Å². The summed E-state index contributed by atoms with van der Waals surface area (Å²) in [5.41, 5.74) is 3.81. The van der Waals surface area contributed by atoms with Gasteiger partial charge in [-0.05, 0) is 54.5 Å². The van der Waals surface area contributed by atoms with E-state index in [-0.39, 0.29) is 11.9 Å². The van der Waals surface area contributed by atoms with Gasteiger partial charge in [-0.2, -0.15) is 0 Å². The number of halogens is 1. The number of H-pyrrole nitrogens is 1. The molecule has 2 aromatic carbocycles. The van der Waals surface area contributed by atoms with E-state index >= 15 is 0 Å². The molecule has 0 bridgehead atoms. The third kappa shape index (κ3) is 2.79. The van der Waals surface area contributed by atoms with Crippen molar-refractivity contribution in [2.45, 2.75) is 19.4 Å². The van der Waals surface area contributed by atoms with Gasteiger partial charge in [0.1, 0.15) is 6.04 Å². The Labute approximate surface area is 155 Å². The van der Waals surface area contributed by atoms with Crippen LogP contribution in [0.2, 0.25) is 5.02 Å². The highest BCUT2D eigenvalue weighted by atomic mass is 35.5. The van der Waals surface area contributed by atoms with Crippen LogP contribution in [0.4, 0.5) is 5.69 Å². The molecule has 126 valence electrons. The smallest absolute Gasteiger partial charge is 0.256 e. The van der Waals surface area contributed by atoms with Gasteiger partial charge in [-0.3, -0.25) is 9.69 Å². The van der Waals surface area contributed by atoms with Gasteiger partial charge in [0.2, 0.25) is 0 Å². The number of benzene rings is 2. The number of nitrogens with one attached hydrogen (secondary N) is 2. The predicted molar refractivity (Wildman–Crippen MR) is 105 cm³/mol. The topological polar surface area (TPSA) is 48.1 Å². The zero-order chi connectivity index (χ0) is 17.6. The van der Waals surface area contributed by atoms with Crippen molar-refractivity contribution in [3.8, 4) is 0 Å². The Bertz CT molecular complexity index is 997. The van der Waals surface area contributed by atoms with Crippen LogP contribution in [0.25, 0.3) is 10.9 Å². The minimum Gasteiger partial charge on any atom is -0.361 e. The Balaban J connectivity index is 1.61. The van der Waals surface area contributed by atoms with Crippen LogP contribution in [0.15, 0.2) is 48.7 Å². The summed E-state index contributed by atoms with van der Waals surface area (Å²) in [5, 5.41) is 5.38. The number of thiocarbonyl (C=S) groups is 1. The summed E-state index contributed by atoms with van der Waals surface area (Å²) < 4.78 is 0. The normalized spacial score (nSPS) is 17.4. The molecule has 4 rings (SSSR count). The first-order valence-electron chi connectivity index (χ1n) is 8.00. The minimum absolute atomic E-state index is 0.0444. The van der Waals surface area contributed by atoms with Gasteiger partial charge in [-0.25, -0.2) is 0 Å². The second-order valence-electron chi connectivity index (χ2n) is 6.17. The number of hydrogen-bond donors (Lipinski definition) is 2. The van der Waals surface area contributed by atoms with Crippen LogP contribution in [0.3, 0.4) is 0 Å². The number of anilines is 1. The maximum absolute atomic E-state index is 12.9. The van der Waals surface area contributed by atoms with Crippen molar-refractivity contribution < 1.29 is 4.79 Å². The summed E-state index contributed by atoms with van der Waals surface area (Å²) in [6.45, 7) is 1.91. The average Bonchev–Trinajstić information content (AvgIpc) is 3.12. The van der Waals surface area contributed by atoms with Gasteiger partial charge in [0, 0.05) is 28.5 Å². The molecule has 1 aliphatic rings. The minimum atomic E-state index is -0.373. The average molecular weight is 370 g/mol. The summed E-state index contributed by atoms with van der Waals surface area (Å²) in [6.07, 6.45) is 2.53. The van der Waals surface area contributed by atoms with Crippen molar-refractivity contribution >= 4 is 51.4 Å². The van der Waals surface area contributed by atoms with Crippen LogP contribution in [0.5, 0.6) is 0 Å². The molecule has 1 aliphatic heterocycles. The molecule has 6 heteroatoms. The van der Waals surface area contributed by atoms with E-state index in [2.05, 4.69) is 16.4 Å². The molecule has 4 nitrogen and oxygen atoms in total. The molecular weight excluding hydrogens is 354 g/mol. The third-order valence-electron chi connectivity index (χ3n) is 4.52. The zero-order valence-electron chi connectivity index (χ0n) is 13.5. The lowest BCUT2D eigenvalue weighted by molar-refractivity contribution is -0.118. The molecule has 0 saturated carbocycles. The van der Waals surface area contributed by atoms with E-state index in [0.29, 0.717) is 16.6 Å². The molecule has 1 atom stereocenters. The number of para-hydroxylation sites is 1. The van der Waals surface area contributed by atoms with E-state index in [9.17, 15) is 4.79 Å². The molecule has 1 saturated heterocycles. The van der Waals surface area contributed by atoms with Gasteiger partial charge in [0.25, 0.3) is 5.91 Å². The first-order valence-corrected chi connectivity index (χ1v) is 8.79. The van der Waals surface area contributed by atoms with Gasteiger partial charge in [0.05, 0.1) is 5.69 Å². The highest BCUT2D eigenvalue weighted by molar-refractivity contribution is 7.80. The number of nitrogens with zero attached hydrogens (tertiary/aromatic N) is 1. The Kier molecular flexibility index (Phi) is 3.98. The molecule has 0 spiro atoms. The first-order chi connectivity index (χ1) is 12.0. The highest BCUT2D eigenvalue weighted by Crippen LogP contribution is 2.27. The lowest BCUT2D eigenvalue weighted by Gasteiger charge is -2.16. The highest BCUT2D eigenvalue weighted by Gasteiger charge is 2.36. The second kappa shape index (κ2) is 6.17. The lowest BCUT2D eigenvalue weighted by atomic mass is 10.0. The number of carbonyl (C=O) groups is 1. The molecule has 0 aliphatic carbocycles. The summed E-state index contributed by atoms with van der Waals surface area (Å²) in [4.78, 5) is 17.7. The number of fused-ring (bicyclic) bond motifs is 1. The summed E-state index contributed by atoms with van der Waals surface area (Å²) in [5.74, 6) is -0.0444. The summed E-state index contributed by atoms with van der Waals surface area (Å²) >= 11 is 11.5. The number of aryl methyl sites for hydroxylation is 1. The molecule has 1 amide bonds. The van der Waals surface area contributed by atoms with Crippen molar-refractivity contribution in [1.82, 2.24) is 10.3 Å². The van der Waals surface area contributed by atoms with Gasteiger partial charge in [-0.1, -0.05) is 29.8 Å². The Morgan fingerprint density at radius 3 is 2.84 bits per heavy atom. The molecule has 25 heavy (non-hydrogen) atoms. The van der Waals surface area contributed by atoms with E-state index < -0.39 is 0 Å². The number of hydrogen-bond acceptors (Lipinski definition) is 2. The standard InChI is InChI=1S/C19H16ClN3OS/c1-11-8-13(6-7-15(11)20)23-18(24)17(22-19(23)25)9-12-10-21-16-5-3-2-4-14(12)16/h2-8,10,17,21H,9H2,1H3,(H,22,25). The van der Waals surface area contributed by atoms with E-state index in [1.54, 1.807) is 11.0 Å². The SMILES string of the molecule is Cc1cc(N2C(=O)C(Cc3c[nH]c4ccccc34)NC2=S)ccc1Cl. The van der Waals surface area contributed by atoms with Crippen molar-refractivity contribution in [1.29, 1.82) is 0 Å². The Morgan fingerprint density at radius 1 is 1.24 bits per heavy atom. The quantitative estimate of drug-likeness (QED) is 0.687. The summed E-state index contributed by atoms with van der Waals surface area (Å²) in [6, 6.07) is 13.2. The number of carbonyl (C=O) groups excluding carboxylic acids is 1. The van der Waals surface area contributed by atoms with Crippen LogP contribution in [-0.4, -0.2) is 22.0 Å². The van der Waals surface area contributed by atoms with Gasteiger partial charge in [-0.15, -0.1) is 0 Å². The number of aromatic nitrogens is 1. The first kappa shape index (κ1) is 16.1. The van der Waals surface area contributed by atoms with Gasteiger partial charge < -0.3 is 10.3 Å². The van der Waals surface area contributed by atoms with Crippen LogP contribution >= 0.6 is 23.8 Å². The van der Waals surface area contributed by atoms with E-state index in [0.717, 1.165) is 27.7 Å². The van der Waals surface area contributed by atoms with Crippen molar-refractivity contribution in [3.63, 3.8) is 0 Å². The van der Waals surface area contributed by atoms with E-state index in [1.807, 2.05) is 43.5 Å². The lowest BCUT2D eigenvalue weighted by Crippen LogP contribution is -2.32. The Hall–Kier alpha value is -2.37.